The number of allylic oxidation sites excluding steroid dienone is 1. The van der Waals surface area contributed by atoms with Gasteiger partial charge < -0.3 is 14.6 Å². The van der Waals surface area contributed by atoms with E-state index in [0.29, 0.717) is 5.56 Å². The van der Waals surface area contributed by atoms with Crippen molar-refractivity contribution >= 4 is 17.9 Å². The second-order valence-corrected chi connectivity index (χ2v) is 6.42. The van der Waals surface area contributed by atoms with Crippen molar-refractivity contribution in [3.8, 4) is 17.2 Å². The standard InChI is InChI=1S/C21H20O4/c1-21(2)11-10-16-12-14(5-9-19(16)25-21)4-7-17(22)15-6-8-18(23)20(13-15)24-3/h4-13,23H,1-3H3. The molecule has 0 amide bonds. The van der Waals surface area contributed by atoms with Crippen molar-refractivity contribution in [2.24, 2.45) is 0 Å². The lowest BCUT2D eigenvalue weighted by Crippen LogP contribution is -2.27. The molecule has 1 heterocycles. The number of ether oxygens (including phenoxy) is 2. The topological polar surface area (TPSA) is 55.8 Å². The van der Waals surface area contributed by atoms with Crippen LogP contribution in [0.2, 0.25) is 0 Å². The van der Waals surface area contributed by atoms with Crippen molar-refractivity contribution < 1.29 is 19.4 Å². The molecule has 0 bridgehead atoms. The Kier molecular flexibility index (Phi) is 4.36. The van der Waals surface area contributed by atoms with Crippen LogP contribution in [0.15, 0.2) is 48.6 Å². The first-order chi connectivity index (χ1) is 11.9. The molecule has 4 heteroatoms. The molecule has 2 aromatic carbocycles. The molecule has 1 aliphatic rings. The van der Waals surface area contributed by atoms with Crippen molar-refractivity contribution in [3.63, 3.8) is 0 Å². The van der Waals surface area contributed by atoms with Crippen LogP contribution in [0.25, 0.3) is 12.2 Å². The van der Waals surface area contributed by atoms with Crippen LogP contribution in [0, 0.1) is 0 Å². The van der Waals surface area contributed by atoms with Gasteiger partial charge in [-0.3, -0.25) is 4.79 Å². The second kappa shape index (κ2) is 6.48. The number of hydrogen-bond acceptors (Lipinski definition) is 4. The summed E-state index contributed by atoms with van der Waals surface area (Å²) in [7, 11) is 1.45. The Labute approximate surface area is 147 Å². The predicted molar refractivity (Wildman–Crippen MR) is 98.2 cm³/mol. The first-order valence-corrected chi connectivity index (χ1v) is 8.00. The van der Waals surface area contributed by atoms with E-state index in [1.807, 2.05) is 44.2 Å². The third kappa shape index (κ3) is 3.74. The lowest BCUT2D eigenvalue weighted by Gasteiger charge is -2.27. The lowest BCUT2D eigenvalue weighted by molar-refractivity contribution is 0.104. The number of phenolic OH excluding ortho intramolecular Hbond substituents is 1. The molecule has 0 atom stereocenters. The molecule has 0 aromatic heterocycles. The van der Waals surface area contributed by atoms with E-state index in [9.17, 15) is 9.90 Å². The summed E-state index contributed by atoms with van der Waals surface area (Å²) in [6.45, 7) is 4.01. The number of rotatable bonds is 4. The normalized spacial score (nSPS) is 14.8. The summed E-state index contributed by atoms with van der Waals surface area (Å²) in [5.74, 6) is 0.952. The molecular weight excluding hydrogens is 316 g/mol. The van der Waals surface area contributed by atoms with Gasteiger partial charge in [0.2, 0.25) is 0 Å². The van der Waals surface area contributed by atoms with E-state index in [1.54, 1.807) is 12.1 Å². The molecule has 0 saturated carbocycles. The number of benzene rings is 2. The number of fused-ring (bicyclic) bond motifs is 1. The molecule has 0 saturated heterocycles. The van der Waals surface area contributed by atoms with Crippen molar-refractivity contribution in [3.05, 3.63) is 65.2 Å². The van der Waals surface area contributed by atoms with Crippen molar-refractivity contribution in [2.75, 3.05) is 7.11 Å². The van der Waals surface area contributed by atoms with Crippen LogP contribution in [0.3, 0.4) is 0 Å². The molecular formula is C21H20O4. The zero-order valence-electron chi connectivity index (χ0n) is 14.4. The van der Waals surface area contributed by atoms with Gasteiger partial charge in [0.1, 0.15) is 11.4 Å². The smallest absolute Gasteiger partial charge is 0.185 e. The van der Waals surface area contributed by atoms with E-state index < -0.39 is 0 Å². The van der Waals surface area contributed by atoms with Crippen LogP contribution in [0.4, 0.5) is 0 Å². The molecule has 25 heavy (non-hydrogen) atoms. The van der Waals surface area contributed by atoms with Crippen LogP contribution < -0.4 is 9.47 Å². The highest BCUT2D eigenvalue weighted by Crippen LogP contribution is 2.31. The molecule has 128 valence electrons. The van der Waals surface area contributed by atoms with Gasteiger partial charge in [-0.15, -0.1) is 0 Å². The number of carbonyl (C=O) groups is 1. The minimum Gasteiger partial charge on any atom is -0.504 e. The number of aromatic hydroxyl groups is 1. The summed E-state index contributed by atoms with van der Waals surface area (Å²) >= 11 is 0. The van der Waals surface area contributed by atoms with Crippen LogP contribution in [-0.4, -0.2) is 23.6 Å². The van der Waals surface area contributed by atoms with E-state index in [1.165, 1.54) is 25.3 Å². The summed E-state index contributed by atoms with van der Waals surface area (Å²) < 4.78 is 10.9. The Hall–Kier alpha value is -3.01. The third-order valence-electron chi connectivity index (χ3n) is 3.96. The van der Waals surface area contributed by atoms with Gasteiger partial charge in [0, 0.05) is 11.1 Å². The van der Waals surface area contributed by atoms with Gasteiger partial charge in [0.25, 0.3) is 0 Å². The van der Waals surface area contributed by atoms with Crippen LogP contribution >= 0.6 is 0 Å². The average Bonchev–Trinajstić information content (AvgIpc) is 2.59. The molecule has 4 nitrogen and oxygen atoms in total. The Morgan fingerprint density at radius 3 is 2.76 bits per heavy atom. The van der Waals surface area contributed by atoms with Crippen molar-refractivity contribution in [1.82, 2.24) is 0 Å². The van der Waals surface area contributed by atoms with Crippen LogP contribution in [-0.2, 0) is 0 Å². The molecule has 0 radical (unpaired) electrons. The Bertz CT molecular complexity index is 875. The molecule has 1 aliphatic heterocycles. The van der Waals surface area contributed by atoms with Crippen molar-refractivity contribution in [2.45, 2.75) is 19.4 Å². The number of hydrogen-bond donors (Lipinski definition) is 1. The van der Waals surface area contributed by atoms with Crippen molar-refractivity contribution in [1.29, 1.82) is 0 Å². The minimum absolute atomic E-state index is 0.00688. The predicted octanol–water partition coefficient (Wildman–Crippen LogP) is 4.48. The fraction of sp³-hybridized carbons (Fsp3) is 0.190. The fourth-order valence-electron chi connectivity index (χ4n) is 2.60. The van der Waals surface area contributed by atoms with Gasteiger partial charge in [0.15, 0.2) is 17.3 Å². The van der Waals surface area contributed by atoms with Gasteiger partial charge in [-0.05, 0) is 61.9 Å². The molecule has 3 rings (SSSR count). The van der Waals surface area contributed by atoms with Gasteiger partial charge >= 0.3 is 0 Å². The Morgan fingerprint density at radius 1 is 1.20 bits per heavy atom. The van der Waals surface area contributed by atoms with E-state index in [-0.39, 0.29) is 22.9 Å². The minimum atomic E-state index is -0.307. The molecule has 1 N–H and O–H groups in total. The van der Waals surface area contributed by atoms with E-state index in [2.05, 4.69) is 0 Å². The Balaban J connectivity index is 1.79. The number of phenols is 1. The Morgan fingerprint density at radius 2 is 2.00 bits per heavy atom. The first-order valence-electron chi connectivity index (χ1n) is 8.00. The van der Waals surface area contributed by atoms with Gasteiger partial charge in [0.05, 0.1) is 7.11 Å². The maximum atomic E-state index is 12.3. The zero-order chi connectivity index (χ0) is 18.0. The molecule has 0 aliphatic carbocycles. The summed E-state index contributed by atoms with van der Waals surface area (Å²) in [4.78, 5) is 12.3. The fourth-order valence-corrected chi connectivity index (χ4v) is 2.60. The second-order valence-electron chi connectivity index (χ2n) is 6.42. The number of carbonyl (C=O) groups excluding carboxylic acids is 1. The first kappa shape index (κ1) is 16.8. The van der Waals surface area contributed by atoms with Gasteiger partial charge in [-0.25, -0.2) is 0 Å². The van der Waals surface area contributed by atoms with Crippen LogP contribution in [0.5, 0.6) is 17.2 Å². The largest absolute Gasteiger partial charge is 0.504 e. The maximum Gasteiger partial charge on any atom is 0.185 e. The van der Waals surface area contributed by atoms with E-state index in [0.717, 1.165) is 16.9 Å². The van der Waals surface area contributed by atoms with Gasteiger partial charge in [-0.1, -0.05) is 18.2 Å². The highest BCUT2D eigenvalue weighted by molar-refractivity contribution is 6.07. The quantitative estimate of drug-likeness (QED) is 0.660. The van der Waals surface area contributed by atoms with E-state index >= 15 is 0 Å². The molecule has 0 unspecified atom stereocenters. The van der Waals surface area contributed by atoms with Crippen LogP contribution in [0.1, 0.15) is 35.3 Å². The summed E-state index contributed by atoms with van der Waals surface area (Å²) in [6.07, 6.45) is 7.31. The zero-order valence-corrected chi connectivity index (χ0v) is 14.4. The SMILES string of the molecule is COc1cc(C(=O)C=Cc2ccc3c(c2)C=CC(C)(C)O3)ccc1O. The third-order valence-corrected chi connectivity index (χ3v) is 3.96. The van der Waals surface area contributed by atoms with Gasteiger partial charge in [-0.2, -0.15) is 0 Å². The molecule has 2 aromatic rings. The van der Waals surface area contributed by atoms with E-state index in [4.69, 9.17) is 9.47 Å². The summed E-state index contributed by atoms with van der Waals surface area (Å²) in [5.41, 5.74) is 2.04. The highest BCUT2D eigenvalue weighted by atomic mass is 16.5. The highest BCUT2D eigenvalue weighted by Gasteiger charge is 2.21. The summed E-state index contributed by atoms with van der Waals surface area (Å²) in [6, 6.07) is 10.3. The summed E-state index contributed by atoms with van der Waals surface area (Å²) in [5, 5.41) is 9.60. The lowest BCUT2D eigenvalue weighted by atomic mass is 10.0. The number of methoxy groups -OCH3 is 1. The average molecular weight is 336 g/mol. The molecule has 0 spiro atoms. The maximum absolute atomic E-state index is 12.3. The number of ketones is 1. The molecule has 0 fully saturated rings. The monoisotopic (exact) mass is 336 g/mol.